The molecule has 3 atom stereocenters. The van der Waals surface area contributed by atoms with Crippen molar-refractivity contribution in [2.24, 2.45) is 5.92 Å². The highest BCUT2D eigenvalue weighted by molar-refractivity contribution is 6.02. The number of carboxylic acids is 3. The van der Waals surface area contributed by atoms with Gasteiger partial charge in [-0.1, -0.05) is 6.07 Å². The Labute approximate surface area is 190 Å². The molecule has 0 saturated carbocycles. The minimum absolute atomic E-state index is 0.0717. The number of ether oxygens (including phenoxy) is 1. The molecule has 1 aliphatic rings. The number of aromatic hydroxyl groups is 4. The zero-order chi connectivity index (χ0) is 25.3. The lowest BCUT2D eigenvalue weighted by molar-refractivity contribution is -0.165. The van der Waals surface area contributed by atoms with Crippen LogP contribution in [0.1, 0.15) is 29.0 Å². The second-order valence-corrected chi connectivity index (χ2v) is 7.44. The number of carbonyl (C=O) groups excluding carboxylic acids is 1. The lowest BCUT2D eigenvalue weighted by Gasteiger charge is -2.32. The van der Waals surface area contributed by atoms with Crippen molar-refractivity contribution in [2.75, 3.05) is 0 Å². The summed E-state index contributed by atoms with van der Waals surface area (Å²) < 4.78 is 4.79. The number of phenols is 4. The molecule has 2 aromatic carbocycles. The summed E-state index contributed by atoms with van der Waals surface area (Å²) in [4.78, 5) is 47.4. The Bertz CT molecular complexity index is 1230. The number of benzene rings is 2. The van der Waals surface area contributed by atoms with Crippen molar-refractivity contribution in [3.8, 4) is 23.0 Å². The van der Waals surface area contributed by atoms with Gasteiger partial charge in [-0.2, -0.15) is 0 Å². The molecule has 0 unspecified atom stereocenters. The number of rotatable bonds is 7. The number of carboxylic acid groups (broad SMARTS) is 3. The molecule has 0 aromatic heterocycles. The van der Waals surface area contributed by atoms with E-state index in [2.05, 4.69) is 0 Å². The molecule has 0 amide bonds. The Balaban J connectivity index is 2.19. The van der Waals surface area contributed by atoms with Gasteiger partial charge in [-0.15, -0.1) is 0 Å². The molecule has 0 bridgehead atoms. The zero-order valence-electron chi connectivity index (χ0n) is 17.1. The molecule has 0 saturated heterocycles. The van der Waals surface area contributed by atoms with E-state index >= 15 is 0 Å². The lowest BCUT2D eigenvalue weighted by atomic mass is 9.71. The standard InChI is InChI=1S/C22H18O12/c23-12-2-1-8(4-13(12)24)18-10-6-15(26)14(25)5-9(10)3-11(19(18)21(31)32)22(33)34-16(20(29)30)7-17(27)28/h1-6,16,18-19,23-26H,7H2,(H,27,28)(H,29,30)(H,31,32)/t16-,18+,19+/m0/s1. The molecule has 0 aliphatic heterocycles. The van der Waals surface area contributed by atoms with E-state index in [4.69, 9.17) is 14.9 Å². The molecule has 7 N–H and O–H groups in total. The van der Waals surface area contributed by atoms with Crippen molar-refractivity contribution in [2.45, 2.75) is 18.4 Å². The molecule has 0 spiro atoms. The van der Waals surface area contributed by atoms with Crippen LogP contribution in [-0.4, -0.2) is 65.7 Å². The van der Waals surface area contributed by atoms with Crippen molar-refractivity contribution in [3.05, 3.63) is 52.6 Å². The van der Waals surface area contributed by atoms with Crippen LogP contribution in [0.3, 0.4) is 0 Å². The minimum Gasteiger partial charge on any atom is -0.504 e. The highest BCUT2D eigenvalue weighted by Crippen LogP contribution is 2.47. The van der Waals surface area contributed by atoms with E-state index in [1.165, 1.54) is 6.07 Å². The van der Waals surface area contributed by atoms with Gasteiger partial charge >= 0.3 is 23.9 Å². The molecular formula is C22H18O12. The van der Waals surface area contributed by atoms with Gasteiger partial charge in [0.25, 0.3) is 0 Å². The molecule has 12 heteroatoms. The summed E-state index contributed by atoms with van der Waals surface area (Å²) >= 11 is 0. The van der Waals surface area contributed by atoms with Crippen LogP contribution in [0.25, 0.3) is 6.08 Å². The number of esters is 1. The molecule has 0 radical (unpaired) electrons. The number of phenolic OH excluding ortho intramolecular Hbond substituents is 4. The molecule has 2 aromatic rings. The Morgan fingerprint density at radius 1 is 0.853 bits per heavy atom. The molecule has 178 valence electrons. The second kappa shape index (κ2) is 9.02. The average Bonchev–Trinajstić information content (AvgIpc) is 2.74. The maximum Gasteiger partial charge on any atom is 0.345 e. The maximum absolute atomic E-state index is 12.9. The number of carbonyl (C=O) groups is 4. The van der Waals surface area contributed by atoms with Crippen molar-refractivity contribution in [3.63, 3.8) is 0 Å². The quantitative estimate of drug-likeness (QED) is 0.222. The van der Waals surface area contributed by atoms with Crippen LogP contribution >= 0.6 is 0 Å². The SMILES string of the molecule is O=C(O)C[C@H](OC(=O)C1=Cc2cc(O)c(O)cc2[C@@H](c2ccc(O)c(O)c2)[C@@H]1C(=O)O)C(=O)O. The molecule has 3 rings (SSSR count). The van der Waals surface area contributed by atoms with E-state index in [-0.39, 0.29) is 16.7 Å². The van der Waals surface area contributed by atoms with Gasteiger partial charge < -0.3 is 40.5 Å². The van der Waals surface area contributed by atoms with Gasteiger partial charge in [-0.3, -0.25) is 9.59 Å². The van der Waals surface area contributed by atoms with Crippen LogP contribution in [-0.2, 0) is 23.9 Å². The van der Waals surface area contributed by atoms with Crippen LogP contribution in [0, 0.1) is 5.92 Å². The summed E-state index contributed by atoms with van der Waals surface area (Å²) in [5.41, 5.74) is -0.279. The second-order valence-electron chi connectivity index (χ2n) is 7.44. The monoisotopic (exact) mass is 474 g/mol. The maximum atomic E-state index is 12.9. The average molecular weight is 474 g/mol. The number of aliphatic carboxylic acids is 3. The largest absolute Gasteiger partial charge is 0.504 e. The third-order valence-electron chi connectivity index (χ3n) is 5.24. The Hall–Kier alpha value is -4.74. The minimum atomic E-state index is -2.11. The number of hydrogen-bond acceptors (Lipinski definition) is 9. The highest BCUT2D eigenvalue weighted by Gasteiger charge is 2.43. The van der Waals surface area contributed by atoms with Gasteiger partial charge in [0, 0.05) is 5.92 Å². The Morgan fingerprint density at radius 3 is 2.03 bits per heavy atom. The van der Waals surface area contributed by atoms with E-state index < -0.39 is 76.8 Å². The van der Waals surface area contributed by atoms with E-state index in [1.54, 1.807) is 0 Å². The number of hydrogen-bond donors (Lipinski definition) is 7. The van der Waals surface area contributed by atoms with E-state index in [9.17, 15) is 44.7 Å². The first-order valence-electron chi connectivity index (χ1n) is 9.58. The predicted octanol–water partition coefficient (Wildman–Crippen LogP) is 1.21. The van der Waals surface area contributed by atoms with Crippen molar-refractivity contribution >= 4 is 30.0 Å². The molecule has 1 aliphatic carbocycles. The zero-order valence-corrected chi connectivity index (χ0v) is 17.1. The fourth-order valence-electron chi connectivity index (χ4n) is 3.72. The summed E-state index contributed by atoms with van der Waals surface area (Å²) in [5, 5.41) is 67.4. The van der Waals surface area contributed by atoms with Gasteiger partial charge in [0.2, 0.25) is 6.10 Å². The summed E-state index contributed by atoms with van der Waals surface area (Å²) in [6.07, 6.45) is -2.16. The van der Waals surface area contributed by atoms with Crippen LogP contribution < -0.4 is 0 Å². The fraction of sp³-hybridized carbons (Fsp3) is 0.182. The molecule has 12 nitrogen and oxygen atoms in total. The summed E-state index contributed by atoms with van der Waals surface area (Å²) in [6.45, 7) is 0. The first kappa shape index (κ1) is 23.9. The van der Waals surface area contributed by atoms with Gasteiger partial charge in [0.05, 0.1) is 17.9 Å². The fourth-order valence-corrected chi connectivity index (χ4v) is 3.72. The third-order valence-corrected chi connectivity index (χ3v) is 5.24. The van der Waals surface area contributed by atoms with E-state index in [0.29, 0.717) is 0 Å². The molecule has 0 heterocycles. The summed E-state index contributed by atoms with van der Waals surface area (Å²) in [7, 11) is 0. The summed E-state index contributed by atoms with van der Waals surface area (Å²) in [5.74, 6) is -11.6. The first-order valence-corrected chi connectivity index (χ1v) is 9.58. The third kappa shape index (κ3) is 4.55. The summed E-state index contributed by atoms with van der Waals surface area (Å²) in [6, 6.07) is 5.49. The van der Waals surface area contributed by atoms with Gasteiger partial charge in [-0.25, -0.2) is 9.59 Å². The van der Waals surface area contributed by atoms with E-state index in [1.807, 2.05) is 0 Å². The molecule has 34 heavy (non-hydrogen) atoms. The van der Waals surface area contributed by atoms with Crippen molar-refractivity contribution in [1.29, 1.82) is 0 Å². The Morgan fingerprint density at radius 2 is 1.47 bits per heavy atom. The van der Waals surface area contributed by atoms with Gasteiger partial charge in [0.15, 0.2) is 23.0 Å². The normalized spacial score (nSPS) is 17.7. The van der Waals surface area contributed by atoms with Crippen LogP contribution in [0.4, 0.5) is 0 Å². The van der Waals surface area contributed by atoms with Crippen LogP contribution in [0.15, 0.2) is 35.9 Å². The van der Waals surface area contributed by atoms with Crippen molar-refractivity contribution < 1.29 is 59.7 Å². The lowest BCUT2D eigenvalue weighted by Crippen LogP contribution is -2.35. The molecule has 0 fully saturated rings. The van der Waals surface area contributed by atoms with Gasteiger partial charge in [0.1, 0.15) is 0 Å². The predicted molar refractivity (Wildman–Crippen MR) is 110 cm³/mol. The van der Waals surface area contributed by atoms with Crippen LogP contribution in [0.5, 0.6) is 23.0 Å². The highest BCUT2D eigenvalue weighted by atomic mass is 16.6. The Kier molecular flexibility index (Phi) is 6.34. The number of fused-ring (bicyclic) bond motifs is 1. The first-order chi connectivity index (χ1) is 15.9. The van der Waals surface area contributed by atoms with Crippen molar-refractivity contribution in [1.82, 2.24) is 0 Å². The van der Waals surface area contributed by atoms with E-state index in [0.717, 1.165) is 30.3 Å². The van der Waals surface area contributed by atoms with Crippen LogP contribution in [0.2, 0.25) is 0 Å². The van der Waals surface area contributed by atoms with Gasteiger partial charge in [-0.05, 0) is 47.0 Å². The topological polar surface area (TPSA) is 219 Å². The smallest absolute Gasteiger partial charge is 0.345 e. The molecular weight excluding hydrogens is 456 g/mol.